The van der Waals surface area contributed by atoms with E-state index >= 15 is 0 Å². The van der Waals surface area contributed by atoms with Crippen molar-refractivity contribution in [3.63, 3.8) is 0 Å². The normalized spacial score (nSPS) is 12.7. The molecule has 1 heterocycles. The molecule has 2 rings (SSSR count). The minimum atomic E-state index is 0.525. The van der Waals surface area contributed by atoms with Crippen molar-refractivity contribution in [2.75, 3.05) is 13.6 Å². The fraction of sp³-hybridized carbons (Fsp3) is 0.438. The minimum Gasteiger partial charge on any atom is -0.319 e. The van der Waals surface area contributed by atoms with Gasteiger partial charge in [-0.2, -0.15) is 5.10 Å². The average molecular weight is 292 g/mol. The summed E-state index contributed by atoms with van der Waals surface area (Å²) < 4.78 is 1.96. The molecule has 1 aromatic heterocycles. The molecule has 2 aromatic rings. The number of aryl methyl sites for hydroxylation is 1. The highest BCUT2D eigenvalue weighted by molar-refractivity contribution is 6.31. The first-order valence-electron chi connectivity index (χ1n) is 6.96. The summed E-state index contributed by atoms with van der Waals surface area (Å²) in [5.74, 6) is 0.525. The summed E-state index contributed by atoms with van der Waals surface area (Å²) in [6.45, 7) is 7.93. The van der Waals surface area contributed by atoms with Crippen molar-refractivity contribution in [2.24, 2.45) is 0 Å². The van der Waals surface area contributed by atoms with Gasteiger partial charge in [0.05, 0.1) is 23.0 Å². The first-order valence-corrected chi connectivity index (χ1v) is 7.33. The van der Waals surface area contributed by atoms with Gasteiger partial charge < -0.3 is 5.32 Å². The smallest absolute Gasteiger partial charge is 0.0844 e. The molecule has 108 valence electrons. The quantitative estimate of drug-likeness (QED) is 0.913. The van der Waals surface area contributed by atoms with E-state index in [-0.39, 0.29) is 0 Å². The first kappa shape index (κ1) is 15.1. The van der Waals surface area contributed by atoms with Gasteiger partial charge in [0.2, 0.25) is 0 Å². The number of halogens is 1. The fourth-order valence-electron chi connectivity index (χ4n) is 2.38. The molecular formula is C16H22ClN3. The topological polar surface area (TPSA) is 29.9 Å². The van der Waals surface area contributed by atoms with Crippen molar-refractivity contribution >= 4 is 11.6 Å². The predicted octanol–water partition coefficient (Wildman–Crippen LogP) is 3.52. The number of benzene rings is 1. The van der Waals surface area contributed by atoms with Gasteiger partial charge in [0.25, 0.3) is 0 Å². The summed E-state index contributed by atoms with van der Waals surface area (Å²) in [7, 11) is 1.98. The highest BCUT2D eigenvalue weighted by Gasteiger charge is 2.10. The summed E-state index contributed by atoms with van der Waals surface area (Å²) >= 11 is 6.18. The van der Waals surface area contributed by atoms with Crippen LogP contribution in [-0.2, 0) is 6.54 Å². The van der Waals surface area contributed by atoms with Gasteiger partial charge in [-0.3, -0.25) is 4.68 Å². The van der Waals surface area contributed by atoms with E-state index in [9.17, 15) is 0 Å². The van der Waals surface area contributed by atoms with Crippen molar-refractivity contribution in [2.45, 2.75) is 33.2 Å². The molecule has 0 saturated heterocycles. The molecule has 1 unspecified atom stereocenters. The second kappa shape index (κ2) is 6.42. The van der Waals surface area contributed by atoms with Gasteiger partial charge in [0.15, 0.2) is 0 Å². The van der Waals surface area contributed by atoms with Crippen molar-refractivity contribution in [3.05, 3.63) is 51.8 Å². The maximum Gasteiger partial charge on any atom is 0.0844 e. The highest BCUT2D eigenvalue weighted by atomic mass is 35.5. The van der Waals surface area contributed by atoms with E-state index in [1.807, 2.05) is 25.6 Å². The van der Waals surface area contributed by atoms with Crippen molar-refractivity contribution in [1.82, 2.24) is 15.1 Å². The molecule has 4 heteroatoms. The molecule has 3 nitrogen and oxygen atoms in total. The zero-order chi connectivity index (χ0) is 14.7. The van der Waals surface area contributed by atoms with E-state index in [4.69, 9.17) is 11.6 Å². The van der Waals surface area contributed by atoms with Gasteiger partial charge >= 0.3 is 0 Å². The molecule has 0 fully saturated rings. The van der Waals surface area contributed by atoms with E-state index < -0.39 is 0 Å². The molecular weight excluding hydrogens is 270 g/mol. The Labute approximate surface area is 126 Å². The van der Waals surface area contributed by atoms with E-state index in [0.29, 0.717) is 5.92 Å². The number of likely N-dealkylation sites (N-methyl/N-ethyl adjacent to an activating group) is 1. The first-order chi connectivity index (χ1) is 9.52. The summed E-state index contributed by atoms with van der Waals surface area (Å²) in [6.07, 6.45) is 0. The molecule has 1 atom stereocenters. The largest absolute Gasteiger partial charge is 0.319 e. The zero-order valence-electron chi connectivity index (χ0n) is 12.6. The van der Waals surface area contributed by atoms with Gasteiger partial charge in [-0.05, 0) is 37.9 Å². The van der Waals surface area contributed by atoms with Gasteiger partial charge in [-0.25, -0.2) is 0 Å². The van der Waals surface area contributed by atoms with Gasteiger partial charge in [0.1, 0.15) is 0 Å². The zero-order valence-corrected chi connectivity index (χ0v) is 13.3. The number of rotatable bonds is 5. The van der Waals surface area contributed by atoms with Crippen molar-refractivity contribution in [3.8, 4) is 0 Å². The second-order valence-corrected chi connectivity index (χ2v) is 5.72. The van der Waals surface area contributed by atoms with E-state index in [2.05, 4.69) is 41.6 Å². The Balaban J connectivity index is 2.12. The molecule has 0 bridgehead atoms. The van der Waals surface area contributed by atoms with Gasteiger partial charge in [0, 0.05) is 6.54 Å². The maximum atomic E-state index is 6.18. The van der Waals surface area contributed by atoms with Crippen molar-refractivity contribution < 1.29 is 0 Å². The third-order valence-electron chi connectivity index (χ3n) is 3.68. The number of nitrogens with zero attached hydrogens (tertiary/aromatic N) is 2. The number of hydrogen-bond acceptors (Lipinski definition) is 2. The SMILES string of the molecule is CNCC(C)c1ccc(Cn2nc(C)c(Cl)c2C)cc1. The monoisotopic (exact) mass is 291 g/mol. The molecule has 0 spiro atoms. The summed E-state index contributed by atoms with van der Waals surface area (Å²) in [6, 6.07) is 8.74. The van der Waals surface area contributed by atoms with Gasteiger partial charge in [-0.15, -0.1) is 0 Å². The summed E-state index contributed by atoms with van der Waals surface area (Å²) in [5, 5.41) is 8.44. The lowest BCUT2D eigenvalue weighted by Crippen LogP contribution is -2.14. The summed E-state index contributed by atoms with van der Waals surface area (Å²) in [5.41, 5.74) is 4.52. The molecule has 20 heavy (non-hydrogen) atoms. The molecule has 1 N–H and O–H groups in total. The number of nitrogens with one attached hydrogen (secondary N) is 1. The molecule has 0 aliphatic carbocycles. The predicted molar refractivity (Wildman–Crippen MR) is 84.6 cm³/mol. The lowest BCUT2D eigenvalue weighted by atomic mass is 10.00. The Hall–Kier alpha value is -1.32. The summed E-state index contributed by atoms with van der Waals surface area (Å²) in [4.78, 5) is 0. The fourth-order valence-corrected chi connectivity index (χ4v) is 2.51. The second-order valence-electron chi connectivity index (χ2n) is 5.34. The van der Waals surface area contributed by atoms with E-state index in [1.54, 1.807) is 0 Å². The maximum absolute atomic E-state index is 6.18. The molecule has 0 aliphatic rings. The van der Waals surface area contributed by atoms with Crippen molar-refractivity contribution in [1.29, 1.82) is 0 Å². The Morgan fingerprint density at radius 2 is 1.90 bits per heavy atom. The van der Waals surface area contributed by atoms with E-state index in [0.717, 1.165) is 29.5 Å². The van der Waals surface area contributed by atoms with Crippen LogP contribution >= 0.6 is 11.6 Å². The molecule has 0 saturated carbocycles. The Bertz CT molecular complexity index is 572. The van der Waals surface area contributed by atoms with Crippen LogP contribution in [0.25, 0.3) is 0 Å². The van der Waals surface area contributed by atoms with E-state index in [1.165, 1.54) is 11.1 Å². The van der Waals surface area contributed by atoms with Gasteiger partial charge in [-0.1, -0.05) is 42.8 Å². The molecule has 1 aromatic carbocycles. The lowest BCUT2D eigenvalue weighted by molar-refractivity contribution is 0.656. The Morgan fingerprint density at radius 3 is 2.40 bits per heavy atom. The van der Waals surface area contributed by atoms with Crippen LogP contribution in [0.1, 0.15) is 35.4 Å². The third-order valence-corrected chi connectivity index (χ3v) is 4.23. The Kier molecular flexibility index (Phi) is 4.84. The molecule has 0 aliphatic heterocycles. The molecule has 0 amide bonds. The van der Waals surface area contributed by atoms with Crippen LogP contribution in [0.3, 0.4) is 0 Å². The molecule has 0 radical (unpaired) electrons. The minimum absolute atomic E-state index is 0.525. The number of aromatic nitrogens is 2. The van der Waals surface area contributed by atoms with Crippen LogP contribution in [-0.4, -0.2) is 23.4 Å². The Morgan fingerprint density at radius 1 is 1.25 bits per heavy atom. The van der Waals surface area contributed by atoms with Crippen LogP contribution < -0.4 is 5.32 Å². The van der Waals surface area contributed by atoms with Crippen LogP contribution in [0.4, 0.5) is 0 Å². The van der Waals surface area contributed by atoms with Crippen LogP contribution in [0.5, 0.6) is 0 Å². The van der Waals surface area contributed by atoms with Crippen LogP contribution in [0.15, 0.2) is 24.3 Å². The third kappa shape index (κ3) is 3.22. The van der Waals surface area contributed by atoms with Crippen LogP contribution in [0, 0.1) is 13.8 Å². The number of hydrogen-bond donors (Lipinski definition) is 1. The lowest BCUT2D eigenvalue weighted by Gasteiger charge is -2.12. The highest BCUT2D eigenvalue weighted by Crippen LogP contribution is 2.20. The average Bonchev–Trinajstić information content (AvgIpc) is 2.67. The van der Waals surface area contributed by atoms with Crippen LogP contribution in [0.2, 0.25) is 5.02 Å². The standard InChI is InChI=1S/C16H22ClN3/c1-11(9-18-4)15-7-5-14(6-8-15)10-20-13(3)16(17)12(2)19-20/h5-8,11,18H,9-10H2,1-4H3.